The molecule has 0 aliphatic carbocycles. The lowest BCUT2D eigenvalue weighted by Gasteiger charge is -2.39. The van der Waals surface area contributed by atoms with Gasteiger partial charge in [0.25, 0.3) is 0 Å². The van der Waals surface area contributed by atoms with Crippen molar-refractivity contribution in [1.29, 1.82) is 0 Å². The van der Waals surface area contributed by atoms with Crippen LogP contribution in [0.1, 0.15) is 37.8 Å². The number of piperidine rings is 1. The number of nitrogens with zero attached hydrogens (tertiary/aromatic N) is 2. The number of aryl methyl sites for hydroxylation is 1. The first kappa shape index (κ1) is 24.1. The van der Waals surface area contributed by atoms with E-state index in [1.165, 1.54) is 16.7 Å². The molecule has 1 saturated heterocycles. The summed E-state index contributed by atoms with van der Waals surface area (Å²) in [5.41, 5.74) is 5.75. The van der Waals surface area contributed by atoms with Gasteiger partial charge in [-0.2, -0.15) is 0 Å². The fraction of sp³-hybridized carbons (Fsp3) is 0.323. The van der Waals surface area contributed by atoms with Crippen LogP contribution in [0.2, 0.25) is 0 Å². The van der Waals surface area contributed by atoms with Gasteiger partial charge in [-0.1, -0.05) is 47.5 Å². The number of fused-ring (bicyclic) bond motifs is 2. The molecule has 186 valence electrons. The Balaban J connectivity index is 1.29. The number of hydrogen-bond donors (Lipinski definition) is 1. The molecule has 2 aliphatic heterocycles. The normalized spacial score (nSPS) is 16.5. The summed E-state index contributed by atoms with van der Waals surface area (Å²) < 4.78 is 5.88. The molecule has 2 amide bonds. The van der Waals surface area contributed by atoms with Crippen LogP contribution in [0.4, 0.5) is 16.2 Å². The second kappa shape index (κ2) is 10.2. The summed E-state index contributed by atoms with van der Waals surface area (Å²) in [7, 11) is 0. The number of hydrogen-bond acceptors (Lipinski definition) is 3. The highest BCUT2D eigenvalue weighted by atomic mass is 16.5. The van der Waals surface area contributed by atoms with E-state index in [4.69, 9.17) is 4.74 Å². The van der Waals surface area contributed by atoms with Crippen LogP contribution < -0.4 is 15.0 Å². The molecule has 36 heavy (non-hydrogen) atoms. The Morgan fingerprint density at radius 1 is 0.972 bits per heavy atom. The Morgan fingerprint density at radius 2 is 1.67 bits per heavy atom. The average molecular weight is 482 g/mol. The van der Waals surface area contributed by atoms with Gasteiger partial charge in [-0.05, 0) is 94.7 Å². The van der Waals surface area contributed by atoms with E-state index in [0.29, 0.717) is 0 Å². The third-order valence-electron chi connectivity index (χ3n) is 7.38. The van der Waals surface area contributed by atoms with E-state index in [1.54, 1.807) is 0 Å². The smallest absolute Gasteiger partial charge is 0.326 e. The molecular formula is C31H35N3O2. The first-order valence-electron chi connectivity index (χ1n) is 12.8. The van der Waals surface area contributed by atoms with Crippen molar-refractivity contribution < 1.29 is 9.53 Å². The van der Waals surface area contributed by atoms with Crippen LogP contribution >= 0.6 is 0 Å². The van der Waals surface area contributed by atoms with Crippen molar-refractivity contribution in [2.75, 3.05) is 36.4 Å². The molecule has 0 unspecified atom stereocenters. The zero-order valence-corrected chi connectivity index (χ0v) is 21.5. The standard InChI is InChI=1S/C31H35N3O2/c1-23(2)15-18-33-19-16-31(17-20-33)22-34(29-14-9-24(3)21-28(29)31)30(35)32-25-10-12-27(13-11-25)36-26-7-5-4-6-8-26/h4-15,21H,16-20,22H2,1-3H3,(H,32,35). The van der Waals surface area contributed by atoms with Crippen molar-refractivity contribution in [1.82, 2.24) is 4.90 Å². The quantitative estimate of drug-likeness (QED) is 0.394. The highest BCUT2D eigenvalue weighted by molar-refractivity contribution is 6.03. The molecule has 1 fully saturated rings. The van der Waals surface area contributed by atoms with E-state index in [0.717, 1.165) is 61.9 Å². The topological polar surface area (TPSA) is 44.8 Å². The Labute approximate surface area is 214 Å². The zero-order chi connectivity index (χ0) is 25.1. The van der Waals surface area contributed by atoms with Crippen molar-refractivity contribution in [2.24, 2.45) is 0 Å². The number of allylic oxidation sites excluding steroid dienone is 1. The minimum absolute atomic E-state index is 0.0214. The molecule has 0 atom stereocenters. The van der Waals surface area contributed by atoms with Crippen molar-refractivity contribution in [2.45, 2.75) is 39.0 Å². The van der Waals surface area contributed by atoms with E-state index in [1.807, 2.05) is 59.5 Å². The van der Waals surface area contributed by atoms with Gasteiger partial charge in [0.2, 0.25) is 0 Å². The predicted octanol–water partition coefficient (Wildman–Crippen LogP) is 7.14. The van der Waals surface area contributed by atoms with Crippen LogP contribution in [0.15, 0.2) is 84.4 Å². The van der Waals surface area contributed by atoms with Gasteiger partial charge in [0.05, 0.1) is 0 Å². The van der Waals surface area contributed by atoms with E-state index in [2.05, 4.69) is 55.3 Å². The number of benzene rings is 3. The Kier molecular flexibility index (Phi) is 6.84. The van der Waals surface area contributed by atoms with Gasteiger partial charge in [-0.25, -0.2) is 4.79 Å². The van der Waals surface area contributed by atoms with Gasteiger partial charge in [0.1, 0.15) is 11.5 Å². The highest BCUT2D eigenvalue weighted by Gasteiger charge is 2.46. The van der Waals surface area contributed by atoms with Crippen molar-refractivity contribution >= 4 is 17.4 Å². The van der Waals surface area contributed by atoms with Gasteiger partial charge in [0, 0.05) is 29.9 Å². The van der Waals surface area contributed by atoms with E-state index < -0.39 is 0 Å². The molecular weight excluding hydrogens is 446 g/mol. The fourth-order valence-corrected chi connectivity index (χ4v) is 5.29. The Hall–Kier alpha value is -3.57. The van der Waals surface area contributed by atoms with Gasteiger partial charge < -0.3 is 10.1 Å². The van der Waals surface area contributed by atoms with Crippen molar-refractivity contribution in [3.63, 3.8) is 0 Å². The molecule has 2 heterocycles. The molecule has 2 aliphatic rings. The third-order valence-corrected chi connectivity index (χ3v) is 7.38. The van der Waals surface area contributed by atoms with Gasteiger partial charge >= 0.3 is 6.03 Å². The summed E-state index contributed by atoms with van der Waals surface area (Å²) in [4.78, 5) is 17.9. The molecule has 0 bridgehead atoms. The maximum atomic E-state index is 13.5. The second-order valence-corrected chi connectivity index (χ2v) is 10.3. The SMILES string of the molecule is CC(C)=CCN1CCC2(CC1)CN(C(=O)Nc1ccc(Oc3ccccc3)cc1)c1ccc(C)cc12. The largest absolute Gasteiger partial charge is 0.457 e. The average Bonchev–Trinajstić information content (AvgIpc) is 3.19. The van der Waals surface area contributed by atoms with Gasteiger partial charge in [-0.3, -0.25) is 9.80 Å². The number of para-hydroxylation sites is 1. The number of nitrogens with one attached hydrogen (secondary N) is 1. The molecule has 0 saturated carbocycles. The van der Waals surface area contributed by atoms with Crippen LogP contribution in [-0.4, -0.2) is 37.1 Å². The number of amides is 2. The van der Waals surface area contributed by atoms with E-state index in [-0.39, 0.29) is 11.4 Å². The lowest BCUT2D eigenvalue weighted by atomic mass is 9.74. The maximum Gasteiger partial charge on any atom is 0.326 e. The summed E-state index contributed by atoms with van der Waals surface area (Å²) in [5, 5.41) is 3.11. The molecule has 3 aromatic carbocycles. The zero-order valence-electron chi connectivity index (χ0n) is 21.5. The molecule has 5 nitrogen and oxygen atoms in total. The van der Waals surface area contributed by atoms with Crippen LogP contribution in [0.25, 0.3) is 0 Å². The number of ether oxygens (including phenoxy) is 1. The van der Waals surface area contributed by atoms with Crippen LogP contribution in [0.3, 0.4) is 0 Å². The maximum absolute atomic E-state index is 13.5. The molecule has 3 aromatic rings. The highest BCUT2D eigenvalue weighted by Crippen LogP contribution is 2.47. The lowest BCUT2D eigenvalue weighted by molar-refractivity contribution is 0.180. The predicted molar refractivity (Wildman–Crippen MR) is 147 cm³/mol. The van der Waals surface area contributed by atoms with Crippen LogP contribution in [0, 0.1) is 6.92 Å². The molecule has 1 N–H and O–H groups in total. The Bertz CT molecular complexity index is 1240. The van der Waals surface area contributed by atoms with Crippen LogP contribution in [0.5, 0.6) is 11.5 Å². The van der Waals surface area contributed by atoms with Gasteiger partial charge in [0.15, 0.2) is 0 Å². The molecule has 1 spiro atoms. The second-order valence-electron chi connectivity index (χ2n) is 10.3. The Morgan fingerprint density at radius 3 is 2.36 bits per heavy atom. The summed E-state index contributed by atoms with van der Waals surface area (Å²) in [6, 6.07) is 23.7. The summed E-state index contributed by atoms with van der Waals surface area (Å²) in [6.07, 6.45) is 4.44. The number of likely N-dealkylation sites (tertiary alicyclic amines) is 1. The third kappa shape index (κ3) is 5.17. The monoisotopic (exact) mass is 481 g/mol. The number of rotatable bonds is 5. The fourth-order valence-electron chi connectivity index (χ4n) is 5.29. The lowest BCUT2D eigenvalue weighted by Crippen LogP contribution is -2.46. The number of urea groups is 1. The molecule has 5 rings (SSSR count). The van der Waals surface area contributed by atoms with Gasteiger partial charge in [-0.15, -0.1) is 0 Å². The number of carbonyl (C=O) groups is 1. The number of anilines is 2. The minimum Gasteiger partial charge on any atom is -0.457 e. The number of carbonyl (C=O) groups excluding carboxylic acids is 1. The minimum atomic E-state index is -0.0827. The summed E-state index contributed by atoms with van der Waals surface area (Å²) >= 11 is 0. The summed E-state index contributed by atoms with van der Waals surface area (Å²) in [6.45, 7) is 10.3. The molecule has 5 heteroatoms. The molecule has 0 radical (unpaired) electrons. The van der Waals surface area contributed by atoms with Crippen molar-refractivity contribution in [3.05, 3.63) is 95.6 Å². The van der Waals surface area contributed by atoms with E-state index >= 15 is 0 Å². The van der Waals surface area contributed by atoms with E-state index in [9.17, 15) is 4.79 Å². The first-order valence-corrected chi connectivity index (χ1v) is 12.8. The van der Waals surface area contributed by atoms with Crippen molar-refractivity contribution in [3.8, 4) is 11.5 Å². The first-order chi connectivity index (χ1) is 17.4. The molecule has 0 aromatic heterocycles. The van der Waals surface area contributed by atoms with Crippen LogP contribution in [-0.2, 0) is 5.41 Å². The summed E-state index contributed by atoms with van der Waals surface area (Å²) in [5.74, 6) is 1.52.